The van der Waals surface area contributed by atoms with Crippen LogP contribution in [0, 0.1) is 0 Å². The molecule has 1 aliphatic heterocycles. The van der Waals surface area contributed by atoms with E-state index in [2.05, 4.69) is 50.9 Å². The van der Waals surface area contributed by atoms with Crippen molar-refractivity contribution in [2.45, 2.75) is 66.0 Å². The van der Waals surface area contributed by atoms with Crippen LogP contribution in [0.15, 0.2) is 24.3 Å². The van der Waals surface area contributed by atoms with E-state index >= 15 is 0 Å². The largest absolute Gasteiger partial charge is 0.332 e. The van der Waals surface area contributed by atoms with E-state index in [1.807, 2.05) is 18.2 Å². The average Bonchev–Trinajstić information content (AvgIpc) is 2.75. The fourth-order valence-electron chi connectivity index (χ4n) is 4.31. The van der Waals surface area contributed by atoms with Crippen LogP contribution in [0.3, 0.4) is 0 Å². The van der Waals surface area contributed by atoms with E-state index in [4.69, 9.17) is 0 Å². The molecule has 2 rings (SSSR count). The molecule has 0 bridgehead atoms. The molecule has 1 fully saturated rings. The van der Waals surface area contributed by atoms with E-state index in [1.54, 1.807) is 0 Å². The minimum atomic E-state index is 0.0742. The number of anilines is 1. The van der Waals surface area contributed by atoms with Crippen molar-refractivity contribution >= 4 is 17.5 Å². The first kappa shape index (κ1) is 24.4. The number of nitrogens with one attached hydrogen (secondary N) is 3. The molecule has 6 heteroatoms. The molecule has 2 amide bonds. The number of rotatable bonds is 10. The van der Waals surface area contributed by atoms with Crippen LogP contribution in [-0.2, 0) is 16.0 Å². The fourth-order valence-corrected chi connectivity index (χ4v) is 4.31. The van der Waals surface area contributed by atoms with E-state index in [9.17, 15) is 9.59 Å². The van der Waals surface area contributed by atoms with Gasteiger partial charge < -0.3 is 20.0 Å². The molecule has 1 aromatic carbocycles. The first-order chi connectivity index (χ1) is 14.4. The number of quaternary nitrogens is 2. The highest BCUT2D eigenvalue weighted by atomic mass is 16.2. The topological polar surface area (TPSA) is 58.3 Å². The lowest BCUT2D eigenvalue weighted by molar-refractivity contribution is -1.00. The van der Waals surface area contributed by atoms with E-state index in [1.165, 1.54) is 15.4 Å². The van der Waals surface area contributed by atoms with Crippen molar-refractivity contribution in [3.05, 3.63) is 29.8 Å². The quantitative estimate of drug-likeness (QED) is 0.515. The van der Waals surface area contributed by atoms with E-state index in [0.717, 1.165) is 51.1 Å². The molecule has 0 radical (unpaired) electrons. The minimum Gasteiger partial charge on any atom is -0.332 e. The predicted molar refractivity (Wildman–Crippen MR) is 122 cm³/mol. The third-order valence-corrected chi connectivity index (χ3v) is 6.57. The van der Waals surface area contributed by atoms with Crippen LogP contribution in [0.2, 0.25) is 0 Å². The van der Waals surface area contributed by atoms with Crippen LogP contribution in [0.25, 0.3) is 0 Å². The van der Waals surface area contributed by atoms with Gasteiger partial charge in [-0.1, -0.05) is 39.0 Å². The second kappa shape index (κ2) is 12.1. The van der Waals surface area contributed by atoms with Gasteiger partial charge in [-0.15, -0.1) is 0 Å². The summed E-state index contributed by atoms with van der Waals surface area (Å²) in [5.41, 5.74) is 2.09. The zero-order valence-electron chi connectivity index (χ0n) is 19.6. The Kier molecular flexibility index (Phi) is 9.79. The first-order valence-electron chi connectivity index (χ1n) is 11.8. The van der Waals surface area contributed by atoms with Crippen LogP contribution in [0.5, 0.6) is 0 Å². The number of nitrogens with zero attached hydrogens (tertiary/aromatic N) is 1. The molecule has 30 heavy (non-hydrogen) atoms. The number of aryl methyl sites for hydroxylation is 1. The molecule has 0 unspecified atom stereocenters. The Bertz CT molecular complexity index is 676. The summed E-state index contributed by atoms with van der Waals surface area (Å²) in [5.74, 6) is 0.344. The lowest BCUT2D eigenvalue weighted by Crippen LogP contribution is -3.28. The molecular weight excluding hydrogens is 376 g/mol. The Labute approximate surface area is 182 Å². The van der Waals surface area contributed by atoms with Crippen LogP contribution < -0.4 is 15.1 Å². The van der Waals surface area contributed by atoms with Gasteiger partial charge in [0.05, 0.1) is 0 Å². The first-order valence-corrected chi connectivity index (χ1v) is 11.8. The third-order valence-electron chi connectivity index (χ3n) is 6.57. The molecule has 0 saturated carbocycles. The molecule has 1 saturated heterocycles. The van der Waals surface area contributed by atoms with Gasteiger partial charge in [0.25, 0.3) is 11.8 Å². The van der Waals surface area contributed by atoms with Crippen molar-refractivity contribution in [2.75, 3.05) is 44.6 Å². The van der Waals surface area contributed by atoms with Crippen molar-refractivity contribution in [1.29, 1.82) is 0 Å². The molecule has 0 aromatic heterocycles. The molecule has 1 aliphatic rings. The zero-order valence-corrected chi connectivity index (χ0v) is 19.6. The monoisotopic (exact) mass is 418 g/mol. The molecule has 1 aromatic rings. The SMILES string of the molecule is CCc1ccccc1NC(=O)C[NH+]1CC[NH+](CC(=O)N([C@@H](C)CC)[C@@H](C)CC)CC1. The lowest BCUT2D eigenvalue weighted by Gasteiger charge is -2.36. The maximum Gasteiger partial charge on any atom is 0.279 e. The minimum absolute atomic E-state index is 0.0742. The Morgan fingerprint density at radius 3 is 2.00 bits per heavy atom. The van der Waals surface area contributed by atoms with Gasteiger partial charge in [0.2, 0.25) is 0 Å². The van der Waals surface area contributed by atoms with Crippen molar-refractivity contribution in [2.24, 2.45) is 0 Å². The van der Waals surface area contributed by atoms with Gasteiger partial charge in [0.15, 0.2) is 13.1 Å². The number of amides is 2. The Hall–Kier alpha value is -1.92. The molecule has 0 aliphatic carbocycles. The van der Waals surface area contributed by atoms with Crippen LogP contribution in [0.1, 0.15) is 53.0 Å². The smallest absolute Gasteiger partial charge is 0.279 e. The highest BCUT2D eigenvalue weighted by molar-refractivity contribution is 5.92. The van der Waals surface area contributed by atoms with Gasteiger partial charge >= 0.3 is 0 Å². The second-order valence-corrected chi connectivity index (χ2v) is 8.73. The molecule has 3 N–H and O–H groups in total. The number of carbonyl (C=O) groups is 2. The molecule has 0 spiro atoms. The molecule has 168 valence electrons. The van der Waals surface area contributed by atoms with Crippen molar-refractivity contribution in [3.8, 4) is 0 Å². The summed E-state index contributed by atoms with van der Waals surface area (Å²) in [6.45, 7) is 15.5. The van der Waals surface area contributed by atoms with Crippen molar-refractivity contribution in [1.82, 2.24) is 4.90 Å². The van der Waals surface area contributed by atoms with Crippen molar-refractivity contribution < 1.29 is 19.4 Å². The summed E-state index contributed by atoms with van der Waals surface area (Å²) in [4.78, 5) is 30.2. The highest BCUT2D eigenvalue weighted by Crippen LogP contribution is 2.15. The average molecular weight is 419 g/mol. The van der Waals surface area contributed by atoms with Gasteiger partial charge in [-0.3, -0.25) is 9.59 Å². The van der Waals surface area contributed by atoms with Gasteiger partial charge in [-0.05, 0) is 44.7 Å². The van der Waals surface area contributed by atoms with Crippen LogP contribution >= 0.6 is 0 Å². The maximum absolute atomic E-state index is 13.0. The number of carbonyl (C=O) groups excluding carboxylic acids is 2. The number of piperazine rings is 1. The summed E-state index contributed by atoms with van der Waals surface area (Å²) >= 11 is 0. The molecule has 6 nitrogen and oxygen atoms in total. The second-order valence-electron chi connectivity index (χ2n) is 8.73. The third kappa shape index (κ3) is 6.81. The van der Waals surface area contributed by atoms with E-state index in [-0.39, 0.29) is 23.9 Å². The number of para-hydroxylation sites is 1. The summed E-state index contributed by atoms with van der Waals surface area (Å²) < 4.78 is 0. The van der Waals surface area contributed by atoms with E-state index in [0.29, 0.717) is 13.1 Å². The Balaban J connectivity index is 1.81. The van der Waals surface area contributed by atoms with E-state index < -0.39 is 0 Å². The summed E-state index contributed by atoms with van der Waals surface area (Å²) in [6, 6.07) is 8.57. The summed E-state index contributed by atoms with van der Waals surface area (Å²) in [6.07, 6.45) is 2.88. The lowest BCUT2D eigenvalue weighted by atomic mass is 10.1. The molecule has 2 atom stereocenters. The zero-order chi connectivity index (χ0) is 22.1. The standard InChI is InChI=1S/C24H40N4O2/c1-6-19(4)28(20(5)7-2)24(30)18-27-15-13-26(14-16-27)17-23(29)25-22-12-10-9-11-21(22)8-3/h9-12,19-20H,6-8,13-18H2,1-5H3,(H,25,29)/p+2/t19-,20-/m0/s1. The fraction of sp³-hybridized carbons (Fsp3) is 0.667. The van der Waals surface area contributed by atoms with Gasteiger partial charge in [0, 0.05) is 17.8 Å². The Morgan fingerprint density at radius 2 is 1.47 bits per heavy atom. The number of benzene rings is 1. The summed E-state index contributed by atoms with van der Waals surface area (Å²) in [5, 5.41) is 3.08. The van der Waals surface area contributed by atoms with Crippen molar-refractivity contribution in [3.63, 3.8) is 0 Å². The molecular formula is C24H42N4O2+2. The molecule has 1 heterocycles. The van der Waals surface area contributed by atoms with Crippen LogP contribution in [-0.4, -0.2) is 68.1 Å². The normalized spacial score (nSPS) is 21.0. The highest BCUT2D eigenvalue weighted by Gasteiger charge is 2.30. The van der Waals surface area contributed by atoms with Gasteiger partial charge in [-0.25, -0.2) is 0 Å². The van der Waals surface area contributed by atoms with Gasteiger partial charge in [0.1, 0.15) is 26.2 Å². The maximum atomic E-state index is 13.0. The number of hydrogen-bond acceptors (Lipinski definition) is 2. The van der Waals surface area contributed by atoms with Gasteiger partial charge in [-0.2, -0.15) is 0 Å². The summed E-state index contributed by atoms with van der Waals surface area (Å²) in [7, 11) is 0. The Morgan fingerprint density at radius 1 is 0.933 bits per heavy atom. The number of hydrogen-bond donors (Lipinski definition) is 3. The predicted octanol–water partition coefficient (Wildman–Crippen LogP) is 0.397. The van der Waals surface area contributed by atoms with Crippen LogP contribution in [0.4, 0.5) is 5.69 Å².